The molecule has 0 saturated carbocycles. The third-order valence-corrected chi connectivity index (χ3v) is 2.62. The number of carbonyl (C=O) groups is 1. The van der Waals surface area contributed by atoms with Crippen molar-refractivity contribution < 1.29 is 14.5 Å². The second-order valence-electron chi connectivity index (χ2n) is 4.32. The van der Waals surface area contributed by atoms with Crippen LogP contribution in [0.5, 0.6) is 5.75 Å². The number of Topliss-reactive ketones (excluding diaryl/α,β-unsaturated/α-hetero) is 1. The van der Waals surface area contributed by atoms with Gasteiger partial charge in [-0.1, -0.05) is 0 Å². The third kappa shape index (κ3) is 3.84. The molecule has 1 aromatic carbocycles. The quantitative estimate of drug-likeness (QED) is 0.442. The summed E-state index contributed by atoms with van der Waals surface area (Å²) >= 11 is 0. The summed E-state index contributed by atoms with van der Waals surface area (Å²) in [5.41, 5.74) is 1.41. The van der Waals surface area contributed by atoms with E-state index in [4.69, 9.17) is 4.74 Å². The number of aryl methyl sites for hydroxylation is 2. The van der Waals surface area contributed by atoms with Gasteiger partial charge in [0, 0.05) is 18.1 Å². The summed E-state index contributed by atoms with van der Waals surface area (Å²) in [6, 6.07) is 3.18. The molecule has 0 radical (unpaired) electrons. The van der Waals surface area contributed by atoms with Gasteiger partial charge in [-0.15, -0.1) is 0 Å². The summed E-state index contributed by atoms with van der Waals surface area (Å²) in [5, 5.41) is 10.7. The summed E-state index contributed by atoms with van der Waals surface area (Å²) < 4.78 is 5.53. The molecule has 0 saturated heterocycles. The van der Waals surface area contributed by atoms with Gasteiger partial charge in [0.15, 0.2) is 0 Å². The lowest BCUT2D eigenvalue weighted by molar-refractivity contribution is -0.385. The molecule has 0 aliphatic heterocycles. The van der Waals surface area contributed by atoms with Crippen molar-refractivity contribution in [3.63, 3.8) is 0 Å². The Morgan fingerprint density at radius 1 is 1.33 bits per heavy atom. The first-order valence-electron chi connectivity index (χ1n) is 5.79. The van der Waals surface area contributed by atoms with Gasteiger partial charge >= 0.3 is 0 Å². The normalized spacial score (nSPS) is 10.2. The van der Waals surface area contributed by atoms with Crippen molar-refractivity contribution in [1.29, 1.82) is 0 Å². The first-order chi connectivity index (χ1) is 8.41. The lowest BCUT2D eigenvalue weighted by atomic mass is 10.1. The van der Waals surface area contributed by atoms with E-state index in [9.17, 15) is 14.9 Å². The van der Waals surface area contributed by atoms with Gasteiger partial charge in [0.05, 0.1) is 11.5 Å². The van der Waals surface area contributed by atoms with Gasteiger partial charge in [-0.25, -0.2) is 0 Å². The van der Waals surface area contributed by atoms with Crippen molar-refractivity contribution >= 4 is 11.5 Å². The molecule has 0 unspecified atom stereocenters. The van der Waals surface area contributed by atoms with Gasteiger partial charge in [-0.3, -0.25) is 10.1 Å². The van der Waals surface area contributed by atoms with Crippen molar-refractivity contribution in [1.82, 2.24) is 0 Å². The molecule has 1 rings (SSSR count). The Balaban J connectivity index is 2.70. The van der Waals surface area contributed by atoms with Gasteiger partial charge in [-0.2, -0.15) is 0 Å². The second kappa shape index (κ2) is 6.14. The molecule has 18 heavy (non-hydrogen) atoms. The molecule has 0 fully saturated rings. The van der Waals surface area contributed by atoms with Gasteiger partial charge in [0.2, 0.25) is 0 Å². The Hall–Kier alpha value is -1.91. The average molecular weight is 251 g/mol. The highest BCUT2D eigenvalue weighted by molar-refractivity contribution is 5.75. The van der Waals surface area contributed by atoms with Crippen molar-refractivity contribution in [2.24, 2.45) is 0 Å². The minimum atomic E-state index is -0.401. The predicted octanol–water partition coefficient (Wildman–Crippen LogP) is 2.96. The van der Waals surface area contributed by atoms with E-state index in [-0.39, 0.29) is 11.5 Å². The van der Waals surface area contributed by atoms with E-state index in [1.165, 1.54) is 6.07 Å². The summed E-state index contributed by atoms with van der Waals surface area (Å²) in [7, 11) is 0. The molecule has 5 nitrogen and oxygen atoms in total. The van der Waals surface area contributed by atoms with Crippen LogP contribution in [0, 0.1) is 24.0 Å². The van der Waals surface area contributed by atoms with E-state index in [1.54, 1.807) is 26.8 Å². The summed E-state index contributed by atoms with van der Waals surface area (Å²) in [6.07, 6.45) is 1.15. The van der Waals surface area contributed by atoms with Crippen molar-refractivity contribution in [2.45, 2.75) is 33.6 Å². The maximum absolute atomic E-state index is 10.8. The average Bonchev–Trinajstić information content (AvgIpc) is 2.27. The Morgan fingerprint density at radius 3 is 2.56 bits per heavy atom. The highest BCUT2D eigenvalue weighted by Gasteiger charge is 2.13. The largest absolute Gasteiger partial charge is 0.493 e. The molecule has 0 N–H and O–H groups in total. The fourth-order valence-electron chi connectivity index (χ4n) is 1.63. The molecule has 0 amide bonds. The molecule has 0 bridgehead atoms. The topological polar surface area (TPSA) is 69.4 Å². The molecule has 1 aromatic rings. The highest BCUT2D eigenvalue weighted by atomic mass is 16.6. The van der Waals surface area contributed by atoms with E-state index in [2.05, 4.69) is 0 Å². The van der Waals surface area contributed by atoms with Gasteiger partial charge in [0.1, 0.15) is 11.5 Å². The Bertz CT molecular complexity index is 468. The standard InChI is InChI=1S/C13H17NO4/c1-9-8-13(18-6-4-5-11(3)15)10(2)7-12(9)14(16)17/h7-8H,4-6H2,1-3H3. The van der Waals surface area contributed by atoms with Crippen LogP contribution in [-0.2, 0) is 4.79 Å². The molecule has 0 spiro atoms. The first-order valence-corrected chi connectivity index (χ1v) is 5.79. The van der Waals surface area contributed by atoms with Gasteiger partial charge < -0.3 is 9.53 Å². The van der Waals surface area contributed by atoms with Crippen LogP contribution in [0.15, 0.2) is 12.1 Å². The number of nitro groups is 1. The van der Waals surface area contributed by atoms with Crippen LogP contribution in [0.1, 0.15) is 30.9 Å². The van der Waals surface area contributed by atoms with Crippen LogP contribution in [0.2, 0.25) is 0 Å². The number of ketones is 1. The fraction of sp³-hybridized carbons (Fsp3) is 0.462. The number of carbonyl (C=O) groups excluding carboxylic acids is 1. The lowest BCUT2D eigenvalue weighted by Crippen LogP contribution is -2.02. The zero-order valence-corrected chi connectivity index (χ0v) is 10.9. The number of nitrogens with zero attached hydrogens (tertiary/aromatic N) is 1. The number of nitro benzene ring substituents is 1. The van der Waals surface area contributed by atoms with E-state index in [1.807, 2.05) is 0 Å². The van der Waals surface area contributed by atoms with E-state index in [0.29, 0.717) is 30.8 Å². The van der Waals surface area contributed by atoms with Crippen LogP contribution in [0.4, 0.5) is 5.69 Å². The number of ether oxygens (including phenoxy) is 1. The molecule has 98 valence electrons. The number of hydrogen-bond acceptors (Lipinski definition) is 4. The number of hydrogen-bond donors (Lipinski definition) is 0. The minimum absolute atomic E-state index is 0.101. The van der Waals surface area contributed by atoms with E-state index < -0.39 is 4.92 Å². The predicted molar refractivity (Wildman–Crippen MR) is 68.0 cm³/mol. The molecule has 0 aromatic heterocycles. The molecular weight excluding hydrogens is 234 g/mol. The zero-order chi connectivity index (χ0) is 13.7. The molecule has 0 heterocycles. The van der Waals surface area contributed by atoms with Crippen molar-refractivity contribution in [3.8, 4) is 5.75 Å². The van der Waals surface area contributed by atoms with Crippen LogP contribution >= 0.6 is 0 Å². The van der Waals surface area contributed by atoms with Crippen LogP contribution in [-0.4, -0.2) is 17.3 Å². The van der Waals surface area contributed by atoms with Crippen LogP contribution in [0.3, 0.4) is 0 Å². The summed E-state index contributed by atoms with van der Waals surface area (Å²) in [4.78, 5) is 21.1. The Labute approximate surface area is 106 Å². The minimum Gasteiger partial charge on any atom is -0.493 e. The molecule has 0 atom stereocenters. The fourth-order valence-corrected chi connectivity index (χ4v) is 1.63. The number of benzene rings is 1. The van der Waals surface area contributed by atoms with Gasteiger partial charge in [-0.05, 0) is 38.8 Å². The second-order valence-corrected chi connectivity index (χ2v) is 4.32. The Morgan fingerprint density at radius 2 is 2.00 bits per heavy atom. The van der Waals surface area contributed by atoms with E-state index >= 15 is 0 Å². The highest BCUT2D eigenvalue weighted by Crippen LogP contribution is 2.27. The molecule has 0 aliphatic rings. The summed E-state index contributed by atoms with van der Waals surface area (Å²) in [6.45, 7) is 5.44. The van der Waals surface area contributed by atoms with Crippen molar-refractivity contribution in [3.05, 3.63) is 33.4 Å². The third-order valence-electron chi connectivity index (χ3n) is 2.62. The Kier molecular flexibility index (Phi) is 4.83. The SMILES string of the molecule is CC(=O)CCCOc1cc(C)c([N+](=O)[O-])cc1C. The lowest BCUT2D eigenvalue weighted by Gasteiger charge is -2.09. The van der Waals surface area contributed by atoms with Crippen LogP contribution in [0.25, 0.3) is 0 Å². The maximum atomic E-state index is 10.8. The first kappa shape index (κ1) is 14.2. The monoisotopic (exact) mass is 251 g/mol. The molecular formula is C13H17NO4. The zero-order valence-electron chi connectivity index (χ0n) is 10.9. The number of rotatable bonds is 6. The molecule has 5 heteroatoms. The van der Waals surface area contributed by atoms with E-state index in [0.717, 1.165) is 5.56 Å². The van der Waals surface area contributed by atoms with Crippen LogP contribution < -0.4 is 4.74 Å². The van der Waals surface area contributed by atoms with Gasteiger partial charge in [0.25, 0.3) is 5.69 Å². The molecule has 0 aliphatic carbocycles. The van der Waals surface area contributed by atoms with Crippen molar-refractivity contribution in [2.75, 3.05) is 6.61 Å². The smallest absolute Gasteiger partial charge is 0.272 e. The summed E-state index contributed by atoms with van der Waals surface area (Å²) in [5.74, 6) is 0.775. The maximum Gasteiger partial charge on any atom is 0.272 e.